The van der Waals surface area contributed by atoms with Crippen molar-refractivity contribution in [2.24, 2.45) is 0 Å². The first-order valence-electron chi connectivity index (χ1n) is 8.05. The van der Waals surface area contributed by atoms with E-state index in [2.05, 4.69) is 5.32 Å². The number of hydrogen-bond donors (Lipinski definition) is 1. The molecule has 0 radical (unpaired) electrons. The van der Waals surface area contributed by atoms with Gasteiger partial charge in [0.15, 0.2) is 0 Å². The fraction of sp³-hybridized carbons (Fsp3) is 0.556. The lowest BCUT2D eigenvalue weighted by Crippen LogP contribution is -2.51. The Morgan fingerprint density at radius 3 is 2.39 bits per heavy atom. The number of carbonyl (C=O) groups excluding carboxylic acids is 2. The van der Waals surface area contributed by atoms with E-state index in [0.717, 1.165) is 24.8 Å². The number of methoxy groups -OCH3 is 1. The molecular formula is C18H26N2O3. The second kappa shape index (κ2) is 7.59. The second-order valence-electron chi connectivity index (χ2n) is 6.46. The Hall–Kier alpha value is -1.88. The molecule has 126 valence electrons. The number of carbonyl (C=O) groups is 2. The van der Waals surface area contributed by atoms with Crippen molar-refractivity contribution in [3.8, 4) is 0 Å². The molecule has 5 heteroatoms. The molecule has 1 fully saturated rings. The van der Waals surface area contributed by atoms with Crippen LogP contribution in [0, 0.1) is 0 Å². The summed E-state index contributed by atoms with van der Waals surface area (Å²) in [5, 5.41) is 2.89. The average Bonchev–Trinajstić information content (AvgIpc) is 2.50. The lowest BCUT2D eigenvalue weighted by molar-refractivity contribution is -0.140. The van der Waals surface area contributed by atoms with Gasteiger partial charge in [-0.1, -0.05) is 30.3 Å². The molecule has 2 amide bonds. The molecule has 0 bridgehead atoms. The average molecular weight is 318 g/mol. The van der Waals surface area contributed by atoms with Crippen LogP contribution in [0.4, 0.5) is 0 Å². The Balaban J connectivity index is 2.02. The highest BCUT2D eigenvalue weighted by Crippen LogP contribution is 2.37. The minimum absolute atomic E-state index is 0.0951. The van der Waals surface area contributed by atoms with Crippen molar-refractivity contribution in [1.82, 2.24) is 10.2 Å². The van der Waals surface area contributed by atoms with Crippen molar-refractivity contribution in [3.05, 3.63) is 35.9 Å². The highest BCUT2D eigenvalue weighted by atomic mass is 16.5. The standard InChI is InChI=1S/C18H26N2O3/c1-20(2)17(22)15(12-14-8-5-4-6-9-14)19-16(21)13-18(23-3)10-7-11-18/h4-6,8-9,15H,7,10-13H2,1-3H3,(H,19,21). The third kappa shape index (κ3) is 4.55. The van der Waals surface area contributed by atoms with Crippen LogP contribution in [0.5, 0.6) is 0 Å². The van der Waals surface area contributed by atoms with E-state index < -0.39 is 6.04 Å². The van der Waals surface area contributed by atoms with Gasteiger partial charge < -0.3 is 15.0 Å². The van der Waals surface area contributed by atoms with Crippen LogP contribution in [0.1, 0.15) is 31.2 Å². The molecule has 2 rings (SSSR count). The van der Waals surface area contributed by atoms with Crippen LogP contribution in [0.25, 0.3) is 0 Å². The van der Waals surface area contributed by atoms with Gasteiger partial charge in [-0.15, -0.1) is 0 Å². The molecule has 1 aromatic carbocycles. The molecule has 1 atom stereocenters. The number of benzene rings is 1. The van der Waals surface area contributed by atoms with Gasteiger partial charge in [0, 0.05) is 27.6 Å². The predicted octanol–water partition coefficient (Wildman–Crippen LogP) is 1.76. The number of amides is 2. The number of hydrogen-bond acceptors (Lipinski definition) is 3. The summed E-state index contributed by atoms with van der Waals surface area (Å²) in [5.74, 6) is -0.218. The minimum Gasteiger partial charge on any atom is -0.378 e. The predicted molar refractivity (Wildman–Crippen MR) is 89.0 cm³/mol. The van der Waals surface area contributed by atoms with Gasteiger partial charge in [0.2, 0.25) is 11.8 Å². The van der Waals surface area contributed by atoms with Gasteiger partial charge in [-0.05, 0) is 24.8 Å². The molecule has 23 heavy (non-hydrogen) atoms. The number of nitrogens with zero attached hydrogens (tertiary/aromatic N) is 1. The first kappa shape index (κ1) is 17.5. The first-order valence-corrected chi connectivity index (χ1v) is 8.05. The van der Waals surface area contributed by atoms with E-state index >= 15 is 0 Å². The van der Waals surface area contributed by atoms with Gasteiger partial charge in [-0.3, -0.25) is 9.59 Å². The van der Waals surface area contributed by atoms with Gasteiger partial charge >= 0.3 is 0 Å². The van der Waals surface area contributed by atoms with Crippen molar-refractivity contribution < 1.29 is 14.3 Å². The van der Waals surface area contributed by atoms with E-state index in [-0.39, 0.29) is 17.4 Å². The molecule has 0 aromatic heterocycles. The summed E-state index contributed by atoms with van der Waals surface area (Å²) in [5.41, 5.74) is 0.695. The Morgan fingerprint density at radius 1 is 1.26 bits per heavy atom. The second-order valence-corrected chi connectivity index (χ2v) is 6.46. The van der Waals surface area contributed by atoms with Crippen molar-refractivity contribution in [2.45, 2.75) is 43.7 Å². The van der Waals surface area contributed by atoms with E-state index in [1.165, 1.54) is 4.90 Å². The Kier molecular flexibility index (Phi) is 5.77. The maximum absolute atomic E-state index is 12.4. The zero-order valence-corrected chi connectivity index (χ0v) is 14.2. The minimum atomic E-state index is -0.547. The van der Waals surface area contributed by atoms with E-state index in [4.69, 9.17) is 4.74 Å². The third-order valence-electron chi connectivity index (χ3n) is 4.54. The smallest absolute Gasteiger partial charge is 0.244 e. The maximum Gasteiger partial charge on any atom is 0.244 e. The maximum atomic E-state index is 12.4. The van der Waals surface area contributed by atoms with Crippen molar-refractivity contribution in [3.63, 3.8) is 0 Å². The lowest BCUT2D eigenvalue weighted by atomic mass is 9.77. The number of ether oxygens (including phenoxy) is 1. The fourth-order valence-electron chi connectivity index (χ4n) is 2.92. The lowest BCUT2D eigenvalue weighted by Gasteiger charge is -2.40. The monoisotopic (exact) mass is 318 g/mol. The quantitative estimate of drug-likeness (QED) is 0.833. The Morgan fingerprint density at radius 2 is 1.91 bits per heavy atom. The summed E-state index contributed by atoms with van der Waals surface area (Å²) in [6, 6.07) is 9.18. The Labute approximate surface area is 138 Å². The molecule has 0 aliphatic heterocycles. The molecule has 5 nitrogen and oxygen atoms in total. The molecule has 1 aromatic rings. The van der Waals surface area contributed by atoms with Crippen LogP contribution in [-0.4, -0.2) is 49.6 Å². The zero-order valence-electron chi connectivity index (χ0n) is 14.2. The van der Waals surface area contributed by atoms with E-state index in [1.54, 1.807) is 21.2 Å². The van der Waals surface area contributed by atoms with Crippen molar-refractivity contribution in [2.75, 3.05) is 21.2 Å². The molecule has 1 aliphatic carbocycles. The normalized spacial score (nSPS) is 17.0. The zero-order chi connectivity index (χ0) is 16.9. The summed E-state index contributed by atoms with van der Waals surface area (Å²) in [6.07, 6.45) is 3.70. The number of nitrogens with one attached hydrogen (secondary N) is 1. The van der Waals surface area contributed by atoms with Crippen LogP contribution in [0.2, 0.25) is 0 Å². The first-order chi connectivity index (χ1) is 11.0. The van der Waals surface area contributed by atoms with Crippen molar-refractivity contribution in [1.29, 1.82) is 0 Å². The summed E-state index contributed by atoms with van der Waals surface area (Å²) in [4.78, 5) is 26.3. The molecule has 1 aliphatic rings. The van der Waals surface area contributed by atoms with Crippen LogP contribution in [-0.2, 0) is 20.7 Å². The van der Waals surface area contributed by atoms with Crippen LogP contribution in [0.15, 0.2) is 30.3 Å². The van der Waals surface area contributed by atoms with Gasteiger partial charge in [-0.25, -0.2) is 0 Å². The highest BCUT2D eigenvalue weighted by Gasteiger charge is 2.39. The SMILES string of the molecule is COC1(CC(=O)NC(Cc2ccccc2)C(=O)N(C)C)CCC1. The molecular weight excluding hydrogens is 292 g/mol. The molecule has 0 spiro atoms. The summed E-state index contributed by atoms with van der Waals surface area (Å²) in [7, 11) is 5.06. The largest absolute Gasteiger partial charge is 0.378 e. The van der Waals surface area contributed by atoms with Gasteiger partial charge in [0.05, 0.1) is 12.0 Å². The van der Waals surface area contributed by atoms with Crippen LogP contribution >= 0.6 is 0 Å². The fourth-order valence-corrected chi connectivity index (χ4v) is 2.92. The molecule has 1 unspecified atom stereocenters. The van der Waals surface area contributed by atoms with Gasteiger partial charge in [0.1, 0.15) is 6.04 Å². The topological polar surface area (TPSA) is 58.6 Å². The Bertz CT molecular complexity index is 533. The van der Waals surface area contributed by atoms with E-state index in [0.29, 0.717) is 12.8 Å². The van der Waals surface area contributed by atoms with Gasteiger partial charge in [-0.2, -0.15) is 0 Å². The number of likely N-dealkylation sites (N-methyl/N-ethyl adjacent to an activating group) is 1. The molecule has 0 heterocycles. The van der Waals surface area contributed by atoms with E-state index in [9.17, 15) is 9.59 Å². The molecule has 0 saturated heterocycles. The van der Waals surface area contributed by atoms with E-state index in [1.807, 2.05) is 30.3 Å². The van der Waals surface area contributed by atoms with Gasteiger partial charge in [0.25, 0.3) is 0 Å². The summed E-state index contributed by atoms with van der Waals surface area (Å²) < 4.78 is 5.50. The van der Waals surface area contributed by atoms with Crippen LogP contribution < -0.4 is 5.32 Å². The summed E-state index contributed by atoms with van der Waals surface area (Å²) in [6.45, 7) is 0. The molecule has 1 N–H and O–H groups in total. The molecule has 1 saturated carbocycles. The van der Waals surface area contributed by atoms with Crippen molar-refractivity contribution >= 4 is 11.8 Å². The third-order valence-corrected chi connectivity index (χ3v) is 4.54. The summed E-state index contributed by atoms with van der Waals surface area (Å²) >= 11 is 0. The number of rotatable bonds is 7. The van der Waals surface area contributed by atoms with Crippen LogP contribution in [0.3, 0.4) is 0 Å². The highest BCUT2D eigenvalue weighted by molar-refractivity contribution is 5.88.